The number of carbonyl (C=O) groups is 1. The van der Waals surface area contributed by atoms with E-state index in [4.69, 9.17) is 5.73 Å². The van der Waals surface area contributed by atoms with Gasteiger partial charge in [0.25, 0.3) is 0 Å². The van der Waals surface area contributed by atoms with E-state index in [1.807, 2.05) is 11.8 Å². The van der Waals surface area contributed by atoms with Crippen molar-refractivity contribution in [1.29, 1.82) is 0 Å². The van der Waals surface area contributed by atoms with Gasteiger partial charge in [-0.05, 0) is 31.4 Å². The standard InChI is InChI=1S/C12H22N2OS/c13-12(6-2-1-3-7-12)11(15)14-9-10-5-4-8-16-10/h10H,1-9,13H2,(H,14,15). The van der Waals surface area contributed by atoms with E-state index in [2.05, 4.69) is 5.32 Å². The van der Waals surface area contributed by atoms with Gasteiger partial charge in [-0.2, -0.15) is 11.8 Å². The molecule has 3 N–H and O–H groups in total. The average molecular weight is 242 g/mol. The van der Waals surface area contributed by atoms with Crippen LogP contribution in [0.3, 0.4) is 0 Å². The van der Waals surface area contributed by atoms with E-state index in [0.29, 0.717) is 5.25 Å². The topological polar surface area (TPSA) is 55.1 Å². The van der Waals surface area contributed by atoms with Crippen molar-refractivity contribution in [2.75, 3.05) is 12.3 Å². The van der Waals surface area contributed by atoms with Crippen molar-refractivity contribution in [1.82, 2.24) is 5.32 Å². The summed E-state index contributed by atoms with van der Waals surface area (Å²) in [6.45, 7) is 0.808. The van der Waals surface area contributed by atoms with Crippen molar-refractivity contribution in [3.63, 3.8) is 0 Å². The lowest BCUT2D eigenvalue weighted by Gasteiger charge is -2.32. The number of nitrogens with two attached hydrogens (primary N) is 1. The highest BCUT2D eigenvalue weighted by Crippen LogP contribution is 2.27. The molecule has 2 aliphatic rings. The van der Waals surface area contributed by atoms with Crippen molar-refractivity contribution < 1.29 is 4.79 Å². The Morgan fingerprint density at radius 2 is 2.06 bits per heavy atom. The molecule has 1 saturated carbocycles. The molecule has 0 aromatic rings. The van der Waals surface area contributed by atoms with E-state index in [0.717, 1.165) is 32.2 Å². The van der Waals surface area contributed by atoms with Gasteiger partial charge < -0.3 is 11.1 Å². The number of thioether (sulfide) groups is 1. The Hall–Kier alpha value is -0.220. The summed E-state index contributed by atoms with van der Waals surface area (Å²) < 4.78 is 0. The van der Waals surface area contributed by atoms with E-state index in [-0.39, 0.29) is 5.91 Å². The molecule has 0 bridgehead atoms. The molecular weight excluding hydrogens is 220 g/mol. The lowest BCUT2D eigenvalue weighted by molar-refractivity contribution is -0.127. The van der Waals surface area contributed by atoms with E-state index < -0.39 is 5.54 Å². The normalized spacial score (nSPS) is 28.9. The third-order valence-corrected chi connectivity index (χ3v) is 5.11. The summed E-state index contributed by atoms with van der Waals surface area (Å²) in [5, 5.41) is 3.67. The zero-order valence-corrected chi connectivity index (χ0v) is 10.7. The summed E-state index contributed by atoms with van der Waals surface area (Å²) in [6, 6.07) is 0. The molecule has 1 atom stereocenters. The number of rotatable bonds is 3. The van der Waals surface area contributed by atoms with Crippen molar-refractivity contribution >= 4 is 17.7 Å². The van der Waals surface area contributed by atoms with E-state index in [1.54, 1.807) is 0 Å². The maximum atomic E-state index is 12.0. The number of amides is 1. The maximum absolute atomic E-state index is 12.0. The average Bonchev–Trinajstić information content (AvgIpc) is 2.79. The Morgan fingerprint density at radius 3 is 2.69 bits per heavy atom. The quantitative estimate of drug-likeness (QED) is 0.791. The molecule has 92 valence electrons. The Labute approximate surface area is 102 Å². The van der Waals surface area contributed by atoms with Gasteiger partial charge >= 0.3 is 0 Å². The summed E-state index contributed by atoms with van der Waals surface area (Å²) >= 11 is 1.97. The molecule has 4 heteroatoms. The van der Waals surface area contributed by atoms with Crippen LogP contribution in [0.25, 0.3) is 0 Å². The number of nitrogens with one attached hydrogen (secondary N) is 1. The van der Waals surface area contributed by atoms with Gasteiger partial charge in [-0.25, -0.2) is 0 Å². The van der Waals surface area contributed by atoms with Gasteiger partial charge in [0, 0.05) is 11.8 Å². The van der Waals surface area contributed by atoms with Gasteiger partial charge in [-0.3, -0.25) is 4.79 Å². The highest BCUT2D eigenvalue weighted by Gasteiger charge is 2.35. The lowest BCUT2D eigenvalue weighted by atomic mass is 9.82. The van der Waals surface area contributed by atoms with Crippen LogP contribution in [0.2, 0.25) is 0 Å². The first-order valence-electron chi connectivity index (χ1n) is 6.39. The number of hydrogen-bond acceptors (Lipinski definition) is 3. The fourth-order valence-corrected chi connectivity index (χ4v) is 3.80. The molecule has 0 radical (unpaired) electrons. The van der Waals surface area contributed by atoms with Gasteiger partial charge in [0.1, 0.15) is 0 Å². The number of carbonyl (C=O) groups excluding carboxylic acids is 1. The highest BCUT2D eigenvalue weighted by molar-refractivity contribution is 8.00. The molecule has 1 saturated heterocycles. The molecular formula is C12H22N2OS. The predicted molar refractivity (Wildman–Crippen MR) is 68.5 cm³/mol. The predicted octanol–water partition coefficient (Wildman–Crippen LogP) is 1.66. The van der Waals surface area contributed by atoms with E-state index >= 15 is 0 Å². The molecule has 1 unspecified atom stereocenters. The second-order valence-electron chi connectivity index (χ2n) is 5.06. The smallest absolute Gasteiger partial charge is 0.240 e. The van der Waals surface area contributed by atoms with Gasteiger partial charge in [0.05, 0.1) is 5.54 Å². The van der Waals surface area contributed by atoms with Gasteiger partial charge in [0.15, 0.2) is 0 Å². The summed E-state index contributed by atoms with van der Waals surface area (Å²) in [5.74, 6) is 1.33. The van der Waals surface area contributed by atoms with Crippen molar-refractivity contribution in [3.05, 3.63) is 0 Å². The summed E-state index contributed by atoms with van der Waals surface area (Å²) in [7, 11) is 0. The third-order valence-electron chi connectivity index (χ3n) is 3.71. The van der Waals surface area contributed by atoms with Crippen molar-refractivity contribution in [2.45, 2.75) is 55.7 Å². The molecule has 0 aromatic carbocycles. The molecule has 2 fully saturated rings. The first-order valence-corrected chi connectivity index (χ1v) is 7.44. The Morgan fingerprint density at radius 1 is 1.31 bits per heavy atom. The molecule has 1 amide bonds. The molecule has 1 aliphatic heterocycles. The van der Waals surface area contributed by atoms with Crippen LogP contribution >= 0.6 is 11.8 Å². The Bertz CT molecular complexity index is 245. The van der Waals surface area contributed by atoms with Crippen LogP contribution in [0.1, 0.15) is 44.9 Å². The molecule has 0 spiro atoms. The largest absolute Gasteiger partial charge is 0.353 e. The molecule has 2 rings (SSSR count). The number of hydrogen-bond donors (Lipinski definition) is 2. The summed E-state index contributed by atoms with van der Waals surface area (Å²) in [6.07, 6.45) is 7.67. The van der Waals surface area contributed by atoms with Crippen LogP contribution in [0, 0.1) is 0 Å². The lowest BCUT2D eigenvalue weighted by Crippen LogP contribution is -2.55. The van der Waals surface area contributed by atoms with Crippen LogP contribution in [0.4, 0.5) is 0 Å². The second kappa shape index (κ2) is 5.41. The van der Waals surface area contributed by atoms with Crippen LogP contribution in [0.5, 0.6) is 0 Å². The van der Waals surface area contributed by atoms with Crippen LogP contribution in [0.15, 0.2) is 0 Å². The fourth-order valence-electron chi connectivity index (χ4n) is 2.60. The molecule has 3 nitrogen and oxygen atoms in total. The minimum absolute atomic E-state index is 0.0831. The van der Waals surface area contributed by atoms with Gasteiger partial charge in [0.2, 0.25) is 5.91 Å². The first kappa shape index (κ1) is 12.2. The minimum atomic E-state index is -0.568. The maximum Gasteiger partial charge on any atom is 0.240 e. The monoisotopic (exact) mass is 242 g/mol. The first-order chi connectivity index (χ1) is 7.71. The fraction of sp³-hybridized carbons (Fsp3) is 0.917. The third kappa shape index (κ3) is 2.92. The SMILES string of the molecule is NC1(C(=O)NCC2CCCS2)CCCCC1. The minimum Gasteiger partial charge on any atom is -0.353 e. The van der Waals surface area contributed by atoms with E-state index in [1.165, 1.54) is 25.0 Å². The highest BCUT2D eigenvalue weighted by atomic mass is 32.2. The van der Waals surface area contributed by atoms with Crippen LogP contribution in [-0.2, 0) is 4.79 Å². The van der Waals surface area contributed by atoms with E-state index in [9.17, 15) is 4.79 Å². The van der Waals surface area contributed by atoms with Gasteiger partial charge in [-0.15, -0.1) is 0 Å². The molecule has 16 heavy (non-hydrogen) atoms. The molecule has 1 aliphatic carbocycles. The van der Waals surface area contributed by atoms with Crippen LogP contribution < -0.4 is 11.1 Å². The zero-order chi connectivity index (χ0) is 11.4. The summed E-state index contributed by atoms with van der Waals surface area (Å²) in [4.78, 5) is 12.0. The van der Waals surface area contributed by atoms with Crippen molar-refractivity contribution in [2.24, 2.45) is 5.73 Å². The Balaban J connectivity index is 1.77. The Kier molecular flexibility index (Phi) is 4.14. The van der Waals surface area contributed by atoms with Gasteiger partial charge in [-0.1, -0.05) is 19.3 Å². The van der Waals surface area contributed by atoms with Crippen molar-refractivity contribution in [3.8, 4) is 0 Å². The molecule has 0 aromatic heterocycles. The summed E-state index contributed by atoms with van der Waals surface area (Å²) in [5.41, 5.74) is 5.60. The zero-order valence-electron chi connectivity index (χ0n) is 9.84. The second-order valence-corrected chi connectivity index (χ2v) is 6.47. The molecule has 1 heterocycles. The van der Waals surface area contributed by atoms with Crippen LogP contribution in [-0.4, -0.2) is 29.0 Å².